The van der Waals surface area contributed by atoms with Crippen LogP contribution in [0.3, 0.4) is 0 Å². The number of aliphatic hydroxyl groups is 1. The highest BCUT2D eigenvalue weighted by atomic mass is 16.4. The Morgan fingerprint density at radius 2 is 1.70 bits per heavy atom. The molecular weight excluding hydrogens is 254 g/mol. The van der Waals surface area contributed by atoms with Crippen LogP contribution in [-0.2, 0) is 4.79 Å². The van der Waals surface area contributed by atoms with Gasteiger partial charge in [0.1, 0.15) is 6.26 Å². The van der Waals surface area contributed by atoms with Crippen molar-refractivity contribution in [2.75, 3.05) is 11.9 Å². The van der Waals surface area contributed by atoms with Gasteiger partial charge in [-0.3, -0.25) is 0 Å². The fourth-order valence-corrected chi connectivity index (χ4v) is 1.95. The van der Waals surface area contributed by atoms with E-state index in [-0.39, 0.29) is 5.70 Å². The van der Waals surface area contributed by atoms with Crippen LogP contribution >= 0.6 is 0 Å². The smallest absolute Gasteiger partial charge is 0.355 e. The molecule has 0 amide bonds. The molecule has 0 saturated heterocycles. The number of hydrogen-bond donors (Lipinski definition) is 2. The van der Waals surface area contributed by atoms with Gasteiger partial charge in [-0.1, -0.05) is 42.5 Å². The van der Waals surface area contributed by atoms with Crippen LogP contribution < -0.4 is 4.90 Å². The molecule has 0 saturated carbocycles. The van der Waals surface area contributed by atoms with Crippen LogP contribution in [-0.4, -0.2) is 23.2 Å². The second kappa shape index (κ2) is 5.93. The van der Waals surface area contributed by atoms with Gasteiger partial charge in [0, 0.05) is 12.7 Å². The number of carbonyl (C=O) groups is 1. The standard InChI is InChI=1S/C16H15NO3/c1-17(15(11-18)16(19)20)14-9-5-8-13(10-14)12-6-3-2-4-7-12/h2-11,18H,1H3,(H,19,20). The molecule has 2 N–H and O–H groups in total. The molecule has 2 rings (SSSR count). The van der Waals surface area contributed by atoms with Crippen molar-refractivity contribution in [2.24, 2.45) is 0 Å². The van der Waals surface area contributed by atoms with E-state index in [9.17, 15) is 4.79 Å². The van der Waals surface area contributed by atoms with E-state index in [1.165, 1.54) is 4.90 Å². The summed E-state index contributed by atoms with van der Waals surface area (Å²) in [6.07, 6.45) is 0.595. The van der Waals surface area contributed by atoms with Gasteiger partial charge < -0.3 is 15.1 Å². The number of carboxylic acids is 1. The molecule has 4 heteroatoms. The minimum absolute atomic E-state index is 0.185. The lowest BCUT2D eigenvalue weighted by atomic mass is 10.0. The summed E-state index contributed by atoms with van der Waals surface area (Å²) >= 11 is 0. The number of likely N-dealkylation sites (N-methyl/N-ethyl adjacent to an activating group) is 1. The Labute approximate surface area is 117 Å². The average Bonchev–Trinajstić information content (AvgIpc) is 2.48. The highest BCUT2D eigenvalue weighted by Crippen LogP contribution is 2.25. The lowest BCUT2D eigenvalue weighted by Gasteiger charge is -2.19. The van der Waals surface area contributed by atoms with E-state index in [2.05, 4.69) is 0 Å². The summed E-state index contributed by atoms with van der Waals surface area (Å²) in [6, 6.07) is 17.3. The lowest BCUT2D eigenvalue weighted by molar-refractivity contribution is -0.132. The van der Waals surface area contributed by atoms with Crippen LogP contribution in [0.25, 0.3) is 11.1 Å². The maximum absolute atomic E-state index is 11.0. The first-order valence-corrected chi connectivity index (χ1v) is 6.10. The molecule has 0 fully saturated rings. The molecule has 0 atom stereocenters. The van der Waals surface area contributed by atoms with E-state index in [1.807, 2.05) is 48.5 Å². The van der Waals surface area contributed by atoms with Crippen molar-refractivity contribution >= 4 is 11.7 Å². The summed E-state index contributed by atoms with van der Waals surface area (Å²) in [5.74, 6) is -1.18. The Bertz CT molecular complexity index is 635. The molecule has 20 heavy (non-hydrogen) atoms. The average molecular weight is 269 g/mol. The molecule has 0 aliphatic carbocycles. The third kappa shape index (κ3) is 2.80. The van der Waals surface area contributed by atoms with E-state index < -0.39 is 5.97 Å². The van der Waals surface area contributed by atoms with Crippen molar-refractivity contribution in [1.29, 1.82) is 0 Å². The number of carboxylic acid groups (broad SMARTS) is 1. The topological polar surface area (TPSA) is 60.8 Å². The van der Waals surface area contributed by atoms with E-state index in [0.717, 1.165) is 11.1 Å². The van der Waals surface area contributed by atoms with Crippen LogP contribution in [0.4, 0.5) is 5.69 Å². The maximum atomic E-state index is 11.0. The van der Waals surface area contributed by atoms with Gasteiger partial charge in [-0.25, -0.2) is 4.79 Å². The largest absolute Gasteiger partial charge is 0.513 e. The van der Waals surface area contributed by atoms with Gasteiger partial charge in [-0.15, -0.1) is 0 Å². The molecule has 0 radical (unpaired) electrons. The Balaban J connectivity index is 2.38. The first-order chi connectivity index (χ1) is 9.63. The Kier molecular flexibility index (Phi) is 4.05. The van der Waals surface area contributed by atoms with Crippen molar-refractivity contribution in [2.45, 2.75) is 0 Å². The van der Waals surface area contributed by atoms with Crippen LogP contribution in [0, 0.1) is 0 Å². The number of anilines is 1. The number of aliphatic carboxylic acids is 1. The third-order valence-corrected chi connectivity index (χ3v) is 3.04. The number of hydrogen-bond acceptors (Lipinski definition) is 3. The summed E-state index contributed by atoms with van der Waals surface area (Å²) in [6.45, 7) is 0. The van der Waals surface area contributed by atoms with E-state index in [4.69, 9.17) is 10.2 Å². The van der Waals surface area contributed by atoms with Crippen molar-refractivity contribution in [3.63, 3.8) is 0 Å². The second-order valence-corrected chi connectivity index (χ2v) is 4.29. The number of benzene rings is 2. The summed E-state index contributed by atoms with van der Waals surface area (Å²) in [5.41, 5.74) is 2.54. The quantitative estimate of drug-likeness (QED) is 0.660. The number of aliphatic hydroxyl groups excluding tert-OH is 1. The van der Waals surface area contributed by atoms with Crippen LogP contribution in [0.1, 0.15) is 0 Å². The SMILES string of the molecule is CN(C(=CO)C(=O)O)c1cccc(-c2ccccc2)c1. The Morgan fingerprint density at radius 3 is 2.30 bits per heavy atom. The van der Waals surface area contributed by atoms with E-state index in [0.29, 0.717) is 11.9 Å². The predicted octanol–water partition coefficient (Wildman–Crippen LogP) is 3.27. The molecule has 0 aliphatic rings. The van der Waals surface area contributed by atoms with Crippen LogP contribution in [0.15, 0.2) is 66.6 Å². The monoisotopic (exact) mass is 269 g/mol. The van der Waals surface area contributed by atoms with E-state index in [1.54, 1.807) is 13.1 Å². The van der Waals surface area contributed by atoms with Gasteiger partial charge in [0.25, 0.3) is 0 Å². The zero-order chi connectivity index (χ0) is 14.5. The molecule has 2 aromatic carbocycles. The normalized spacial score (nSPS) is 11.2. The third-order valence-electron chi connectivity index (χ3n) is 3.04. The van der Waals surface area contributed by atoms with Crippen molar-refractivity contribution in [3.8, 4) is 11.1 Å². The number of nitrogens with zero attached hydrogens (tertiary/aromatic N) is 1. The van der Waals surface area contributed by atoms with Gasteiger partial charge in [0.2, 0.25) is 0 Å². The first kappa shape index (κ1) is 13.7. The minimum atomic E-state index is -1.18. The molecule has 0 bridgehead atoms. The van der Waals surface area contributed by atoms with E-state index >= 15 is 0 Å². The van der Waals surface area contributed by atoms with Crippen LogP contribution in [0.5, 0.6) is 0 Å². The zero-order valence-corrected chi connectivity index (χ0v) is 11.0. The van der Waals surface area contributed by atoms with Crippen molar-refractivity contribution in [3.05, 3.63) is 66.6 Å². The molecule has 0 spiro atoms. The molecule has 2 aromatic rings. The summed E-state index contributed by atoms with van der Waals surface area (Å²) < 4.78 is 0. The van der Waals surface area contributed by atoms with Gasteiger partial charge >= 0.3 is 5.97 Å². The zero-order valence-electron chi connectivity index (χ0n) is 11.0. The van der Waals surface area contributed by atoms with Gasteiger partial charge in [0.05, 0.1) is 0 Å². The van der Waals surface area contributed by atoms with Gasteiger partial charge in [-0.05, 0) is 23.3 Å². The molecule has 4 nitrogen and oxygen atoms in total. The highest BCUT2D eigenvalue weighted by molar-refractivity contribution is 5.91. The fraction of sp³-hybridized carbons (Fsp3) is 0.0625. The highest BCUT2D eigenvalue weighted by Gasteiger charge is 2.15. The lowest BCUT2D eigenvalue weighted by Crippen LogP contribution is -2.22. The van der Waals surface area contributed by atoms with Gasteiger partial charge in [0.15, 0.2) is 5.70 Å². The minimum Gasteiger partial charge on any atom is -0.513 e. The van der Waals surface area contributed by atoms with Gasteiger partial charge in [-0.2, -0.15) is 0 Å². The Hall–Kier alpha value is -2.75. The van der Waals surface area contributed by atoms with Crippen LogP contribution in [0.2, 0.25) is 0 Å². The predicted molar refractivity (Wildman–Crippen MR) is 78.6 cm³/mol. The molecule has 0 heterocycles. The first-order valence-electron chi connectivity index (χ1n) is 6.10. The molecule has 0 unspecified atom stereocenters. The Morgan fingerprint density at radius 1 is 1.05 bits per heavy atom. The maximum Gasteiger partial charge on any atom is 0.355 e. The number of rotatable bonds is 4. The fourth-order valence-electron chi connectivity index (χ4n) is 1.95. The molecule has 102 valence electrons. The summed E-state index contributed by atoms with van der Waals surface area (Å²) in [5, 5.41) is 18.1. The van der Waals surface area contributed by atoms with Crippen molar-refractivity contribution in [1.82, 2.24) is 0 Å². The molecule has 0 aliphatic heterocycles. The second-order valence-electron chi connectivity index (χ2n) is 4.29. The summed E-state index contributed by atoms with van der Waals surface area (Å²) in [7, 11) is 1.60. The molecular formula is C16H15NO3. The molecule has 0 aromatic heterocycles. The van der Waals surface area contributed by atoms with Crippen molar-refractivity contribution < 1.29 is 15.0 Å². The summed E-state index contributed by atoms with van der Waals surface area (Å²) in [4.78, 5) is 12.5.